The first-order valence-corrected chi connectivity index (χ1v) is 6.84. The number of anilines is 1. The fourth-order valence-corrected chi connectivity index (χ4v) is 2.56. The van der Waals surface area contributed by atoms with Crippen LogP contribution in [0.15, 0.2) is 18.2 Å². The van der Waals surface area contributed by atoms with Crippen molar-refractivity contribution in [2.24, 2.45) is 0 Å². The third-order valence-electron chi connectivity index (χ3n) is 3.85. The molecular weight excluding hydrogens is 273 g/mol. The summed E-state index contributed by atoms with van der Waals surface area (Å²) >= 11 is 0. The number of esters is 1. The lowest BCUT2D eigenvalue weighted by atomic mass is 10.1. The SMILES string of the molecule is COC(=O)C(C)N1CCN(c2cccc(F)c2C#N)CC1. The zero-order valence-electron chi connectivity index (χ0n) is 12.2. The van der Waals surface area contributed by atoms with Crippen molar-refractivity contribution in [3.63, 3.8) is 0 Å². The molecule has 0 spiro atoms. The van der Waals surface area contributed by atoms with E-state index in [1.807, 2.05) is 22.8 Å². The van der Waals surface area contributed by atoms with Crippen LogP contribution in [-0.2, 0) is 9.53 Å². The van der Waals surface area contributed by atoms with Crippen molar-refractivity contribution >= 4 is 11.7 Å². The predicted molar refractivity (Wildman–Crippen MR) is 76.4 cm³/mol. The number of nitrogens with zero attached hydrogens (tertiary/aromatic N) is 3. The maximum atomic E-state index is 13.6. The second-order valence-electron chi connectivity index (χ2n) is 4.97. The summed E-state index contributed by atoms with van der Waals surface area (Å²) in [6, 6.07) is 6.27. The lowest BCUT2D eigenvalue weighted by Crippen LogP contribution is -2.52. The Morgan fingerprint density at radius 2 is 2.05 bits per heavy atom. The van der Waals surface area contributed by atoms with Gasteiger partial charge in [-0.25, -0.2) is 4.39 Å². The minimum atomic E-state index is -0.500. The number of halogens is 1. The third-order valence-corrected chi connectivity index (χ3v) is 3.85. The fraction of sp³-hybridized carbons (Fsp3) is 0.467. The van der Waals surface area contributed by atoms with Crippen molar-refractivity contribution in [1.82, 2.24) is 4.90 Å². The van der Waals surface area contributed by atoms with Crippen molar-refractivity contribution < 1.29 is 13.9 Å². The van der Waals surface area contributed by atoms with Crippen molar-refractivity contribution in [2.45, 2.75) is 13.0 Å². The summed E-state index contributed by atoms with van der Waals surface area (Å²) in [5.41, 5.74) is 0.690. The predicted octanol–water partition coefficient (Wildman–Crippen LogP) is 1.38. The summed E-state index contributed by atoms with van der Waals surface area (Å²) in [5, 5.41) is 9.09. The Morgan fingerprint density at radius 3 is 2.62 bits per heavy atom. The van der Waals surface area contributed by atoms with Crippen LogP contribution in [0.5, 0.6) is 0 Å². The quantitative estimate of drug-likeness (QED) is 0.788. The maximum Gasteiger partial charge on any atom is 0.322 e. The van der Waals surface area contributed by atoms with Gasteiger partial charge >= 0.3 is 5.97 Å². The van der Waals surface area contributed by atoms with E-state index in [4.69, 9.17) is 10.00 Å². The number of piperazine rings is 1. The van der Waals surface area contributed by atoms with Crippen LogP contribution in [0.3, 0.4) is 0 Å². The molecular formula is C15H18FN3O2. The molecule has 0 saturated carbocycles. The van der Waals surface area contributed by atoms with Crippen molar-refractivity contribution in [3.8, 4) is 6.07 Å². The summed E-state index contributed by atoms with van der Waals surface area (Å²) < 4.78 is 18.4. The Labute approximate surface area is 123 Å². The van der Waals surface area contributed by atoms with Crippen LogP contribution in [-0.4, -0.2) is 50.2 Å². The molecule has 1 aliphatic heterocycles. The molecule has 1 saturated heterocycles. The van der Waals surface area contributed by atoms with E-state index in [1.165, 1.54) is 13.2 Å². The minimum absolute atomic E-state index is 0.0759. The molecule has 0 amide bonds. The Hall–Kier alpha value is -2.13. The summed E-state index contributed by atoms with van der Waals surface area (Å²) in [6.07, 6.45) is 0. The van der Waals surface area contributed by atoms with Crippen LogP contribution in [0.2, 0.25) is 0 Å². The number of carbonyl (C=O) groups is 1. The van der Waals surface area contributed by atoms with Gasteiger partial charge in [0.05, 0.1) is 12.8 Å². The number of rotatable bonds is 3. The number of benzene rings is 1. The van der Waals surface area contributed by atoms with Crippen LogP contribution < -0.4 is 4.90 Å². The average molecular weight is 291 g/mol. The van der Waals surface area contributed by atoms with Gasteiger partial charge in [0.25, 0.3) is 0 Å². The molecule has 0 N–H and O–H groups in total. The van der Waals surface area contributed by atoms with Crippen LogP contribution in [0.25, 0.3) is 0 Å². The Kier molecular flexibility index (Phi) is 4.76. The van der Waals surface area contributed by atoms with E-state index < -0.39 is 5.82 Å². The lowest BCUT2D eigenvalue weighted by Gasteiger charge is -2.38. The van der Waals surface area contributed by atoms with Crippen molar-refractivity contribution in [2.75, 3.05) is 38.2 Å². The molecule has 6 heteroatoms. The zero-order chi connectivity index (χ0) is 15.4. The molecule has 1 aromatic rings. The molecule has 21 heavy (non-hydrogen) atoms. The molecule has 0 bridgehead atoms. The fourth-order valence-electron chi connectivity index (χ4n) is 2.56. The third kappa shape index (κ3) is 3.14. The van der Waals surface area contributed by atoms with Gasteiger partial charge in [0.2, 0.25) is 0 Å². The normalized spacial score (nSPS) is 17.1. The van der Waals surface area contributed by atoms with E-state index in [0.29, 0.717) is 31.9 Å². The van der Waals surface area contributed by atoms with Crippen LogP contribution in [0, 0.1) is 17.1 Å². The van der Waals surface area contributed by atoms with Crippen molar-refractivity contribution in [1.29, 1.82) is 5.26 Å². The number of hydrogen-bond donors (Lipinski definition) is 0. The summed E-state index contributed by atoms with van der Waals surface area (Å²) in [7, 11) is 1.38. The lowest BCUT2D eigenvalue weighted by molar-refractivity contribution is -0.146. The van der Waals surface area contributed by atoms with Gasteiger partial charge in [0, 0.05) is 26.2 Å². The highest BCUT2D eigenvalue weighted by atomic mass is 19.1. The Morgan fingerprint density at radius 1 is 1.38 bits per heavy atom. The van der Waals surface area contributed by atoms with E-state index in [2.05, 4.69) is 0 Å². The minimum Gasteiger partial charge on any atom is -0.468 e. The molecule has 0 radical (unpaired) electrons. The second kappa shape index (κ2) is 6.55. The zero-order valence-corrected chi connectivity index (χ0v) is 12.2. The van der Waals surface area contributed by atoms with Gasteiger partial charge in [-0.1, -0.05) is 6.07 Å². The molecule has 112 valence electrons. The molecule has 0 aliphatic carbocycles. The number of nitriles is 1. The van der Waals surface area contributed by atoms with E-state index in [1.54, 1.807) is 12.1 Å². The van der Waals surface area contributed by atoms with E-state index in [-0.39, 0.29) is 17.6 Å². The van der Waals surface area contributed by atoms with Crippen molar-refractivity contribution in [3.05, 3.63) is 29.6 Å². The standard InChI is InChI=1S/C15H18FN3O2/c1-11(15(20)21-2)18-6-8-19(9-7-18)14-5-3-4-13(16)12(14)10-17/h3-5,11H,6-9H2,1-2H3. The first kappa shape index (κ1) is 15.3. The molecule has 0 aromatic heterocycles. The van der Waals surface area contributed by atoms with Gasteiger partial charge in [-0.05, 0) is 19.1 Å². The van der Waals surface area contributed by atoms with E-state index in [9.17, 15) is 9.18 Å². The molecule has 1 heterocycles. The van der Waals surface area contributed by atoms with Gasteiger partial charge in [-0.15, -0.1) is 0 Å². The Bertz CT molecular complexity index is 563. The summed E-state index contributed by atoms with van der Waals surface area (Å²) in [4.78, 5) is 15.5. The van der Waals surface area contributed by atoms with Gasteiger partial charge < -0.3 is 9.64 Å². The average Bonchev–Trinajstić information content (AvgIpc) is 2.53. The smallest absolute Gasteiger partial charge is 0.322 e. The topological polar surface area (TPSA) is 56.6 Å². The molecule has 1 aromatic carbocycles. The largest absolute Gasteiger partial charge is 0.468 e. The summed E-state index contributed by atoms with van der Waals surface area (Å²) in [6.45, 7) is 4.42. The second-order valence-corrected chi connectivity index (χ2v) is 4.97. The van der Waals surface area contributed by atoms with Crippen LogP contribution in [0.4, 0.5) is 10.1 Å². The number of hydrogen-bond acceptors (Lipinski definition) is 5. The molecule has 1 unspecified atom stereocenters. The molecule has 1 aliphatic rings. The number of methoxy groups -OCH3 is 1. The molecule has 1 atom stereocenters. The van der Waals surface area contributed by atoms with Gasteiger partial charge in [-0.3, -0.25) is 9.69 Å². The van der Waals surface area contributed by atoms with E-state index in [0.717, 1.165) is 0 Å². The van der Waals surface area contributed by atoms with Gasteiger partial charge in [0.15, 0.2) is 0 Å². The molecule has 2 rings (SSSR count). The van der Waals surface area contributed by atoms with Gasteiger partial charge in [0.1, 0.15) is 23.5 Å². The van der Waals surface area contributed by atoms with Crippen LogP contribution >= 0.6 is 0 Å². The highest BCUT2D eigenvalue weighted by Crippen LogP contribution is 2.24. The molecule has 5 nitrogen and oxygen atoms in total. The monoisotopic (exact) mass is 291 g/mol. The summed E-state index contributed by atoms with van der Waals surface area (Å²) in [5.74, 6) is -0.757. The maximum absolute atomic E-state index is 13.6. The number of carbonyl (C=O) groups excluding carboxylic acids is 1. The first-order valence-electron chi connectivity index (χ1n) is 6.84. The molecule has 1 fully saturated rings. The van der Waals surface area contributed by atoms with Gasteiger partial charge in [-0.2, -0.15) is 5.26 Å². The van der Waals surface area contributed by atoms with E-state index >= 15 is 0 Å². The number of ether oxygens (including phenoxy) is 1. The highest BCUT2D eigenvalue weighted by Gasteiger charge is 2.27. The highest BCUT2D eigenvalue weighted by molar-refractivity contribution is 5.75. The van der Waals surface area contributed by atoms with Crippen LogP contribution in [0.1, 0.15) is 12.5 Å². The first-order chi connectivity index (χ1) is 10.1. The Balaban J connectivity index is 2.07.